The molecule has 3 heteroatoms. The van der Waals surface area contributed by atoms with Crippen LogP contribution in [0, 0.1) is 12.7 Å². The zero-order valence-corrected chi connectivity index (χ0v) is 13.3. The third kappa shape index (κ3) is 3.60. The summed E-state index contributed by atoms with van der Waals surface area (Å²) in [5.74, 6) is 1.00. The third-order valence-electron chi connectivity index (χ3n) is 3.43. The number of ether oxygens (including phenoxy) is 1. The van der Waals surface area contributed by atoms with E-state index >= 15 is 0 Å². The summed E-state index contributed by atoms with van der Waals surface area (Å²) >= 11 is 3.56. The molecule has 0 spiro atoms. The van der Waals surface area contributed by atoms with E-state index in [1.807, 2.05) is 24.3 Å². The van der Waals surface area contributed by atoms with E-state index in [1.54, 1.807) is 7.11 Å². The lowest BCUT2D eigenvalue weighted by atomic mass is 9.92. The number of hydrogen-bond donors (Lipinski definition) is 0. The van der Waals surface area contributed by atoms with Crippen LogP contribution < -0.4 is 4.74 Å². The molecular formula is C17H18BrFO. The quantitative estimate of drug-likeness (QED) is 0.708. The van der Waals surface area contributed by atoms with Crippen molar-refractivity contribution < 1.29 is 9.13 Å². The van der Waals surface area contributed by atoms with Crippen molar-refractivity contribution in [1.29, 1.82) is 0 Å². The summed E-state index contributed by atoms with van der Waals surface area (Å²) < 4.78 is 18.4. The smallest absolute Gasteiger partial charge is 0.123 e. The summed E-state index contributed by atoms with van der Waals surface area (Å²) in [5.41, 5.74) is 3.53. The number of rotatable bonds is 5. The van der Waals surface area contributed by atoms with E-state index in [0.717, 1.165) is 23.1 Å². The summed E-state index contributed by atoms with van der Waals surface area (Å²) in [6.07, 6.45) is 0.863. The molecule has 0 fully saturated rings. The van der Waals surface area contributed by atoms with Gasteiger partial charge in [0.25, 0.3) is 0 Å². The Labute approximate surface area is 127 Å². The van der Waals surface area contributed by atoms with Crippen molar-refractivity contribution in [2.75, 3.05) is 12.4 Å². The van der Waals surface area contributed by atoms with E-state index in [4.69, 9.17) is 4.74 Å². The standard InChI is InChI=1S/C17H18BrFO/c1-12-3-8-17(20-2)14(9-12)10-15(11-18)13-4-6-16(19)7-5-13/h3-9,15H,10-11H2,1-2H3. The summed E-state index contributed by atoms with van der Waals surface area (Å²) in [4.78, 5) is 0. The number of halogens is 2. The topological polar surface area (TPSA) is 9.23 Å². The first-order valence-electron chi connectivity index (χ1n) is 6.59. The molecule has 0 aliphatic carbocycles. The van der Waals surface area contributed by atoms with Gasteiger partial charge in [0.2, 0.25) is 0 Å². The molecule has 2 rings (SSSR count). The Bertz CT molecular complexity index is 566. The molecule has 0 aliphatic heterocycles. The zero-order valence-electron chi connectivity index (χ0n) is 11.7. The highest BCUT2D eigenvalue weighted by Crippen LogP contribution is 2.28. The largest absolute Gasteiger partial charge is 0.496 e. The SMILES string of the molecule is COc1ccc(C)cc1CC(CBr)c1ccc(F)cc1. The Kier molecular flexibility index (Phi) is 5.18. The van der Waals surface area contributed by atoms with E-state index in [9.17, 15) is 4.39 Å². The Hall–Kier alpha value is -1.35. The molecule has 0 aliphatic rings. The summed E-state index contributed by atoms with van der Waals surface area (Å²) in [6, 6.07) is 12.9. The predicted molar refractivity (Wildman–Crippen MR) is 84.4 cm³/mol. The monoisotopic (exact) mass is 336 g/mol. The van der Waals surface area contributed by atoms with Gasteiger partial charge in [0.05, 0.1) is 7.11 Å². The Morgan fingerprint density at radius 2 is 1.85 bits per heavy atom. The van der Waals surface area contributed by atoms with Crippen LogP contribution in [-0.4, -0.2) is 12.4 Å². The molecule has 20 heavy (non-hydrogen) atoms. The number of alkyl halides is 1. The number of benzene rings is 2. The molecule has 0 heterocycles. The van der Waals surface area contributed by atoms with Crippen LogP contribution in [0.25, 0.3) is 0 Å². The van der Waals surface area contributed by atoms with E-state index in [-0.39, 0.29) is 5.82 Å². The van der Waals surface area contributed by atoms with Gasteiger partial charge in [-0.1, -0.05) is 45.8 Å². The molecule has 0 bridgehead atoms. The Balaban J connectivity index is 2.26. The fourth-order valence-electron chi connectivity index (χ4n) is 2.33. The third-order valence-corrected chi connectivity index (χ3v) is 4.21. The first-order chi connectivity index (χ1) is 9.63. The number of methoxy groups -OCH3 is 1. The van der Waals surface area contributed by atoms with Crippen LogP contribution in [0.3, 0.4) is 0 Å². The van der Waals surface area contributed by atoms with Gasteiger partial charge in [0, 0.05) is 5.33 Å². The first-order valence-corrected chi connectivity index (χ1v) is 7.71. The van der Waals surface area contributed by atoms with E-state index in [0.29, 0.717) is 5.92 Å². The molecule has 1 nitrogen and oxygen atoms in total. The van der Waals surface area contributed by atoms with Crippen LogP contribution in [0.5, 0.6) is 5.75 Å². The second-order valence-corrected chi connectivity index (χ2v) is 5.57. The highest BCUT2D eigenvalue weighted by atomic mass is 79.9. The molecule has 2 aromatic carbocycles. The minimum atomic E-state index is -0.199. The molecular weight excluding hydrogens is 319 g/mol. The predicted octanol–water partition coefficient (Wildman–Crippen LogP) is 4.86. The van der Waals surface area contributed by atoms with Crippen molar-refractivity contribution in [1.82, 2.24) is 0 Å². The first kappa shape index (κ1) is 15.0. The van der Waals surface area contributed by atoms with Gasteiger partial charge >= 0.3 is 0 Å². The lowest BCUT2D eigenvalue weighted by Crippen LogP contribution is -2.06. The number of hydrogen-bond acceptors (Lipinski definition) is 1. The normalized spacial score (nSPS) is 12.2. The fourth-order valence-corrected chi connectivity index (χ4v) is 2.93. The lowest BCUT2D eigenvalue weighted by Gasteiger charge is -2.17. The maximum atomic E-state index is 13.0. The maximum Gasteiger partial charge on any atom is 0.123 e. The second kappa shape index (κ2) is 6.89. The van der Waals surface area contributed by atoms with Crippen LogP contribution in [0.15, 0.2) is 42.5 Å². The van der Waals surface area contributed by atoms with Crippen LogP contribution in [-0.2, 0) is 6.42 Å². The highest BCUT2D eigenvalue weighted by Gasteiger charge is 2.14. The van der Waals surface area contributed by atoms with Crippen molar-refractivity contribution in [2.45, 2.75) is 19.3 Å². The van der Waals surface area contributed by atoms with Gasteiger partial charge in [-0.2, -0.15) is 0 Å². The summed E-state index contributed by atoms with van der Waals surface area (Å²) in [5, 5.41) is 0.829. The van der Waals surface area contributed by atoms with E-state index in [1.165, 1.54) is 23.3 Å². The van der Waals surface area contributed by atoms with Crippen LogP contribution in [0.4, 0.5) is 4.39 Å². The zero-order chi connectivity index (χ0) is 14.5. The van der Waals surface area contributed by atoms with Crippen molar-refractivity contribution in [3.63, 3.8) is 0 Å². The van der Waals surface area contributed by atoms with E-state index < -0.39 is 0 Å². The second-order valence-electron chi connectivity index (χ2n) is 4.92. The minimum Gasteiger partial charge on any atom is -0.496 e. The van der Waals surface area contributed by atoms with Crippen LogP contribution in [0.2, 0.25) is 0 Å². The molecule has 0 aromatic heterocycles. The maximum absolute atomic E-state index is 13.0. The van der Waals surface area contributed by atoms with Crippen LogP contribution >= 0.6 is 15.9 Å². The average Bonchev–Trinajstić information content (AvgIpc) is 2.46. The molecule has 1 unspecified atom stereocenters. The highest BCUT2D eigenvalue weighted by molar-refractivity contribution is 9.09. The van der Waals surface area contributed by atoms with Gasteiger partial charge in [-0.05, 0) is 48.6 Å². The summed E-state index contributed by atoms with van der Waals surface area (Å²) in [6.45, 7) is 2.07. The molecule has 0 saturated heterocycles. The van der Waals surface area contributed by atoms with Gasteiger partial charge in [0.1, 0.15) is 11.6 Å². The van der Waals surface area contributed by atoms with Crippen molar-refractivity contribution in [3.8, 4) is 5.75 Å². The fraction of sp³-hybridized carbons (Fsp3) is 0.294. The molecule has 2 aromatic rings. The average molecular weight is 337 g/mol. The molecule has 0 N–H and O–H groups in total. The van der Waals surface area contributed by atoms with Gasteiger partial charge < -0.3 is 4.74 Å². The Morgan fingerprint density at radius 3 is 2.45 bits per heavy atom. The van der Waals surface area contributed by atoms with Crippen molar-refractivity contribution >= 4 is 15.9 Å². The molecule has 0 saturated carbocycles. The van der Waals surface area contributed by atoms with Crippen LogP contribution in [0.1, 0.15) is 22.6 Å². The summed E-state index contributed by atoms with van der Waals surface area (Å²) in [7, 11) is 1.69. The Morgan fingerprint density at radius 1 is 1.15 bits per heavy atom. The van der Waals surface area contributed by atoms with Crippen molar-refractivity contribution in [2.24, 2.45) is 0 Å². The molecule has 1 atom stereocenters. The molecule has 0 amide bonds. The van der Waals surface area contributed by atoms with Gasteiger partial charge in [-0.3, -0.25) is 0 Å². The van der Waals surface area contributed by atoms with E-state index in [2.05, 4.69) is 28.9 Å². The van der Waals surface area contributed by atoms with Crippen molar-refractivity contribution in [3.05, 3.63) is 65.0 Å². The molecule has 106 valence electrons. The lowest BCUT2D eigenvalue weighted by molar-refractivity contribution is 0.408. The van der Waals surface area contributed by atoms with Gasteiger partial charge in [0.15, 0.2) is 0 Å². The minimum absolute atomic E-state index is 0.199. The van der Waals surface area contributed by atoms with Gasteiger partial charge in [-0.25, -0.2) is 4.39 Å². The van der Waals surface area contributed by atoms with Gasteiger partial charge in [-0.15, -0.1) is 0 Å². The number of aryl methyl sites for hydroxylation is 1. The molecule has 0 radical (unpaired) electrons.